The molecule has 2 nitrogen and oxygen atoms in total. The van der Waals surface area contributed by atoms with Gasteiger partial charge in [-0.2, -0.15) is 0 Å². The third-order valence-corrected chi connectivity index (χ3v) is 4.69. The first-order valence-electron chi connectivity index (χ1n) is 6.36. The molecule has 1 aromatic rings. The molecule has 3 rings (SSSR count). The Kier molecular flexibility index (Phi) is 2.99. The maximum Gasteiger partial charge on any atom is 0.134 e. The lowest BCUT2D eigenvalue weighted by atomic mass is 9.78. The summed E-state index contributed by atoms with van der Waals surface area (Å²) in [5, 5.41) is 0. The van der Waals surface area contributed by atoms with Gasteiger partial charge in [-0.3, -0.25) is 0 Å². The fourth-order valence-corrected chi connectivity index (χ4v) is 3.40. The van der Waals surface area contributed by atoms with Gasteiger partial charge in [0.1, 0.15) is 11.4 Å². The molecule has 1 aromatic carbocycles. The molecule has 1 saturated carbocycles. The van der Waals surface area contributed by atoms with Crippen molar-refractivity contribution in [1.82, 2.24) is 0 Å². The highest BCUT2D eigenvalue weighted by Gasteiger charge is 2.45. The van der Waals surface area contributed by atoms with E-state index in [1.165, 1.54) is 0 Å². The molecule has 1 heterocycles. The van der Waals surface area contributed by atoms with E-state index in [0.29, 0.717) is 6.10 Å². The molecular formula is C15H17BrO2. The molecule has 1 aliphatic heterocycles. The summed E-state index contributed by atoms with van der Waals surface area (Å²) in [7, 11) is 1.79. The van der Waals surface area contributed by atoms with Gasteiger partial charge in [0.15, 0.2) is 0 Å². The molecule has 96 valence electrons. The van der Waals surface area contributed by atoms with E-state index in [4.69, 9.17) is 9.47 Å². The minimum atomic E-state index is -0.182. The zero-order valence-corrected chi connectivity index (χ0v) is 12.1. The highest BCUT2D eigenvalue weighted by atomic mass is 79.9. The SMILES string of the molecule is C=C1c2cc(Br)ccc2OC12CCC(OC)CC2. The molecule has 3 heteroatoms. The zero-order chi connectivity index (χ0) is 12.8. The first-order chi connectivity index (χ1) is 8.64. The van der Waals surface area contributed by atoms with Crippen molar-refractivity contribution >= 4 is 21.5 Å². The Hall–Kier alpha value is -0.800. The molecule has 1 spiro atoms. The number of fused-ring (bicyclic) bond motifs is 1. The Morgan fingerprint density at radius 2 is 2.11 bits per heavy atom. The normalized spacial score (nSPS) is 30.3. The van der Waals surface area contributed by atoms with Crippen molar-refractivity contribution < 1.29 is 9.47 Å². The van der Waals surface area contributed by atoms with E-state index in [0.717, 1.165) is 47.0 Å². The van der Waals surface area contributed by atoms with Crippen molar-refractivity contribution in [2.45, 2.75) is 37.4 Å². The largest absolute Gasteiger partial charge is 0.482 e. The van der Waals surface area contributed by atoms with E-state index in [1.54, 1.807) is 7.11 Å². The first-order valence-corrected chi connectivity index (χ1v) is 7.15. The Bertz CT molecular complexity index is 487. The molecule has 2 aliphatic rings. The average Bonchev–Trinajstić information content (AvgIpc) is 2.65. The van der Waals surface area contributed by atoms with Gasteiger partial charge in [0.25, 0.3) is 0 Å². The number of rotatable bonds is 1. The number of benzene rings is 1. The second-order valence-corrected chi connectivity index (χ2v) is 6.07. The minimum Gasteiger partial charge on any atom is -0.482 e. The van der Waals surface area contributed by atoms with Gasteiger partial charge >= 0.3 is 0 Å². The summed E-state index contributed by atoms with van der Waals surface area (Å²) < 4.78 is 12.7. The molecule has 0 aromatic heterocycles. The Morgan fingerprint density at radius 3 is 2.78 bits per heavy atom. The summed E-state index contributed by atoms with van der Waals surface area (Å²) in [5.41, 5.74) is 2.10. The number of halogens is 1. The topological polar surface area (TPSA) is 18.5 Å². The Morgan fingerprint density at radius 1 is 1.39 bits per heavy atom. The van der Waals surface area contributed by atoms with Gasteiger partial charge in [0, 0.05) is 17.1 Å². The summed E-state index contributed by atoms with van der Waals surface area (Å²) in [6.45, 7) is 4.28. The quantitative estimate of drug-likeness (QED) is 0.775. The molecule has 0 unspecified atom stereocenters. The van der Waals surface area contributed by atoms with Crippen molar-refractivity contribution in [3.8, 4) is 5.75 Å². The predicted molar refractivity (Wildman–Crippen MR) is 75.8 cm³/mol. The van der Waals surface area contributed by atoms with Crippen LogP contribution in [0.25, 0.3) is 5.57 Å². The lowest BCUT2D eigenvalue weighted by molar-refractivity contribution is 0.0106. The van der Waals surface area contributed by atoms with Gasteiger partial charge in [-0.15, -0.1) is 0 Å². The van der Waals surface area contributed by atoms with Crippen molar-refractivity contribution in [3.05, 3.63) is 34.8 Å². The molecule has 1 fully saturated rings. The second kappa shape index (κ2) is 4.39. The monoisotopic (exact) mass is 308 g/mol. The van der Waals surface area contributed by atoms with Crippen LogP contribution in [0.15, 0.2) is 29.3 Å². The number of hydrogen-bond acceptors (Lipinski definition) is 2. The average molecular weight is 309 g/mol. The van der Waals surface area contributed by atoms with Crippen LogP contribution in [0.1, 0.15) is 31.2 Å². The Labute approximate surface area is 116 Å². The van der Waals surface area contributed by atoms with E-state index in [-0.39, 0.29) is 5.60 Å². The number of ether oxygens (including phenoxy) is 2. The maximum absolute atomic E-state index is 6.22. The fraction of sp³-hybridized carbons (Fsp3) is 0.467. The second-order valence-electron chi connectivity index (χ2n) is 5.15. The summed E-state index contributed by atoms with van der Waals surface area (Å²) in [5.74, 6) is 0.971. The molecule has 1 aliphatic carbocycles. The molecule has 0 N–H and O–H groups in total. The van der Waals surface area contributed by atoms with Gasteiger partial charge in [0.2, 0.25) is 0 Å². The summed E-state index contributed by atoms with van der Waals surface area (Å²) in [4.78, 5) is 0. The molecule has 0 radical (unpaired) electrons. The number of methoxy groups -OCH3 is 1. The van der Waals surface area contributed by atoms with Crippen LogP contribution in [-0.4, -0.2) is 18.8 Å². The predicted octanol–water partition coefficient (Wildman–Crippen LogP) is 4.18. The van der Waals surface area contributed by atoms with Crippen LogP contribution in [0.5, 0.6) is 5.75 Å². The van der Waals surface area contributed by atoms with Crippen LogP contribution >= 0.6 is 15.9 Å². The molecule has 18 heavy (non-hydrogen) atoms. The van der Waals surface area contributed by atoms with Crippen LogP contribution in [0.2, 0.25) is 0 Å². The minimum absolute atomic E-state index is 0.182. The summed E-state index contributed by atoms with van der Waals surface area (Å²) in [6.07, 6.45) is 4.46. The van der Waals surface area contributed by atoms with E-state index < -0.39 is 0 Å². The summed E-state index contributed by atoms with van der Waals surface area (Å²) >= 11 is 3.51. The molecule has 0 atom stereocenters. The van der Waals surface area contributed by atoms with Gasteiger partial charge < -0.3 is 9.47 Å². The van der Waals surface area contributed by atoms with Crippen LogP contribution in [0.3, 0.4) is 0 Å². The van der Waals surface area contributed by atoms with Crippen LogP contribution < -0.4 is 4.74 Å². The van der Waals surface area contributed by atoms with Gasteiger partial charge in [-0.25, -0.2) is 0 Å². The molecular weight excluding hydrogens is 292 g/mol. The third kappa shape index (κ3) is 1.81. The van der Waals surface area contributed by atoms with E-state index in [1.807, 2.05) is 12.1 Å². The highest BCUT2D eigenvalue weighted by molar-refractivity contribution is 9.10. The maximum atomic E-state index is 6.22. The van der Waals surface area contributed by atoms with Crippen molar-refractivity contribution in [1.29, 1.82) is 0 Å². The van der Waals surface area contributed by atoms with E-state index in [9.17, 15) is 0 Å². The smallest absolute Gasteiger partial charge is 0.134 e. The van der Waals surface area contributed by atoms with Gasteiger partial charge in [-0.05, 0) is 49.5 Å². The lowest BCUT2D eigenvalue weighted by Crippen LogP contribution is -2.39. The molecule has 0 bridgehead atoms. The third-order valence-electron chi connectivity index (χ3n) is 4.20. The highest BCUT2D eigenvalue weighted by Crippen LogP contribution is 2.50. The lowest BCUT2D eigenvalue weighted by Gasteiger charge is -2.36. The first kappa shape index (κ1) is 12.2. The zero-order valence-electron chi connectivity index (χ0n) is 10.5. The van der Waals surface area contributed by atoms with Crippen LogP contribution in [0.4, 0.5) is 0 Å². The summed E-state index contributed by atoms with van der Waals surface area (Å²) in [6, 6.07) is 6.16. The van der Waals surface area contributed by atoms with Crippen molar-refractivity contribution in [2.24, 2.45) is 0 Å². The molecule has 0 amide bonds. The van der Waals surface area contributed by atoms with Gasteiger partial charge in [0.05, 0.1) is 6.10 Å². The van der Waals surface area contributed by atoms with Crippen molar-refractivity contribution in [2.75, 3.05) is 7.11 Å². The van der Waals surface area contributed by atoms with Crippen molar-refractivity contribution in [3.63, 3.8) is 0 Å². The van der Waals surface area contributed by atoms with E-state index in [2.05, 4.69) is 28.6 Å². The fourth-order valence-electron chi connectivity index (χ4n) is 3.04. The van der Waals surface area contributed by atoms with E-state index >= 15 is 0 Å². The standard InChI is InChI=1S/C15H17BrO2/c1-10-13-9-11(16)3-4-14(13)18-15(10)7-5-12(17-2)6-8-15/h3-4,9,12H,1,5-8H2,2H3. The van der Waals surface area contributed by atoms with Crippen LogP contribution in [0, 0.1) is 0 Å². The number of hydrogen-bond donors (Lipinski definition) is 0. The Balaban J connectivity index is 1.88. The van der Waals surface area contributed by atoms with Gasteiger partial charge in [-0.1, -0.05) is 22.5 Å². The molecule has 0 saturated heterocycles. The van der Waals surface area contributed by atoms with Crippen LogP contribution in [-0.2, 0) is 4.74 Å².